The van der Waals surface area contributed by atoms with Crippen molar-refractivity contribution < 1.29 is 23.2 Å². The molecule has 1 amide bonds. The summed E-state index contributed by atoms with van der Waals surface area (Å²) in [5, 5.41) is 9.20. The van der Waals surface area contributed by atoms with Crippen molar-refractivity contribution >= 4 is 19.4 Å². The van der Waals surface area contributed by atoms with Gasteiger partial charge >= 0.3 is 7.75 Å². The predicted octanol–water partition coefficient (Wildman–Crippen LogP) is 4.20. The highest BCUT2D eigenvalue weighted by Gasteiger charge is 2.68. The van der Waals surface area contributed by atoms with Crippen LogP contribution in [0.3, 0.4) is 0 Å². The third kappa shape index (κ3) is 4.75. The van der Waals surface area contributed by atoms with E-state index in [-0.39, 0.29) is 42.8 Å². The first kappa shape index (κ1) is 29.9. The van der Waals surface area contributed by atoms with Crippen LogP contribution in [-0.2, 0) is 23.9 Å². The number of benzene rings is 1. The molecule has 2 aromatic heterocycles. The van der Waals surface area contributed by atoms with Gasteiger partial charge in [-0.2, -0.15) is 5.26 Å². The molecule has 3 fully saturated rings. The number of aromatic nitrogens is 2. The van der Waals surface area contributed by atoms with Gasteiger partial charge in [0.1, 0.15) is 5.82 Å². The molecule has 0 radical (unpaired) electrons. The summed E-state index contributed by atoms with van der Waals surface area (Å²) in [6.45, 7) is 4.95. The Balaban J connectivity index is 1.43. The van der Waals surface area contributed by atoms with E-state index in [9.17, 15) is 19.4 Å². The van der Waals surface area contributed by atoms with Gasteiger partial charge in [-0.3, -0.25) is 33.5 Å². The van der Waals surface area contributed by atoms with Crippen LogP contribution in [0, 0.1) is 23.2 Å². The lowest BCUT2D eigenvalue weighted by Gasteiger charge is -2.35. The quantitative estimate of drug-likeness (QED) is 0.187. The molecule has 3 aliphatic rings. The smallest absolute Gasteiger partial charge is 0.339 e. The van der Waals surface area contributed by atoms with Gasteiger partial charge in [-0.1, -0.05) is 0 Å². The highest BCUT2D eigenvalue weighted by molar-refractivity contribution is 7.51. The number of carbonyl (C=O) groups excluding carboxylic acids is 2. The summed E-state index contributed by atoms with van der Waals surface area (Å²) < 4.78 is 26.5. The Morgan fingerprint density at radius 1 is 0.977 bits per heavy atom. The molecule has 12 heteroatoms. The maximum Gasteiger partial charge on any atom is 0.408 e. The number of allylic oxidation sites excluding steroid dienone is 1. The molecule has 44 heavy (non-hydrogen) atoms. The van der Waals surface area contributed by atoms with Gasteiger partial charge < -0.3 is 4.90 Å². The second-order valence-electron chi connectivity index (χ2n) is 11.0. The molecule has 3 aromatic rings. The van der Waals surface area contributed by atoms with Gasteiger partial charge in [-0.15, -0.1) is 0 Å². The predicted molar refractivity (Wildman–Crippen MR) is 161 cm³/mol. The fraction of sp³-hybridized carbons (Fsp3) is 0.344. The molecular weight excluding hydrogens is 579 g/mol. The van der Waals surface area contributed by atoms with Gasteiger partial charge in [0.05, 0.1) is 24.8 Å². The molecule has 3 atom stereocenters. The zero-order valence-electron chi connectivity index (χ0n) is 24.7. The van der Waals surface area contributed by atoms with Gasteiger partial charge in [0.15, 0.2) is 11.3 Å². The van der Waals surface area contributed by atoms with Gasteiger partial charge in [0.25, 0.3) is 5.91 Å². The lowest BCUT2D eigenvalue weighted by atomic mass is 9.82. The third-order valence-corrected chi connectivity index (χ3v) is 10.9. The van der Waals surface area contributed by atoms with Crippen LogP contribution in [0.1, 0.15) is 40.9 Å². The van der Waals surface area contributed by atoms with Gasteiger partial charge in [0, 0.05) is 62.6 Å². The number of hydrogen-bond donors (Lipinski definition) is 0. The number of ketones is 1. The van der Waals surface area contributed by atoms with Crippen molar-refractivity contribution in [1.29, 1.82) is 5.26 Å². The van der Waals surface area contributed by atoms with Crippen molar-refractivity contribution in [3.05, 3.63) is 107 Å². The molecule has 2 saturated heterocycles. The van der Waals surface area contributed by atoms with Crippen LogP contribution >= 0.6 is 7.75 Å². The van der Waals surface area contributed by atoms with Crippen LogP contribution in [0.25, 0.3) is 0 Å². The monoisotopic (exact) mass is 612 g/mol. The number of hydrogen-bond acceptors (Lipinski definition) is 9. The summed E-state index contributed by atoms with van der Waals surface area (Å²) in [6.07, 6.45) is 8.10. The molecular formula is C32H33N6O5P. The Bertz CT molecular complexity index is 1620. The lowest BCUT2D eigenvalue weighted by molar-refractivity contribution is -0.132. The maximum atomic E-state index is 15.0. The van der Waals surface area contributed by atoms with Crippen molar-refractivity contribution in [1.82, 2.24) is 24.4 Å². The fourth-order valence-corrected chi connectivity index (χ4v) is 8.52. The Labute approximate surface area is 256 Å². The normalized spacial score (nSPS) is 23.5. The number of nitrogens with zero attached hydrogens (tertiary/aromatic N) is 6. The molecule has 1 aliphatic carbocycles. The zero-order chi connectivity index (χ0) is 31.1. The average Bonchev–Trinajstić information content (AvgIpc) is 3.40. The summed E-state index contributed by atoms with van der Waals surface area (Å²) in [5.74, 6) is 0.00199. The number of pyridine rings is 2. The standard InChI is InChI=1S/C32H33N6O5P/c1-4-42-44(41,43-5-2)37-20-26-27(21-37)30(26)38-29(18-28(39)23-8-6-22(19-33)7-9-23)36(3)32(31(38)40,24-10-14-34-15-11-24)25-12-16-35-17-13-25/h6-18,26-27,30H,4-5,20-21H2,1-3H3/t26-,27+,30?. The van der Waals surface area contributed by atoms with Crippen LogP contribution < -0.4 is 0 Å². The molecule has 4 heterocycles. The van der Waals surface area contributed by atoms with Gasteiger partial charge in [-0.05, 0) is 85.3 Å². The van der Waals surface area contributed by atoms with Crippen molar-refractivity contribution in [3.8, 4) is 6.07 Å². The summed E-state index contributed by atoms with van der Waals surface area (Å²) in [4.78, 5) is 40.6. The van der Waals surface area contributed by atoms with Crippen molar-refractivity contribution in [3.63, 3.8) is 0 Å². The van der Waals surface area contributed by atoms with E-state index in [1.807, 2.05) is 36.2 Å². The Morgan fingerprint density at radius 2 is 1.50 bits per heavy atom. The fourth-order valence-electron chi connectivity index (χ4n) is 6.69. The zero-order valence-corrected chi connectivity index (χ0v) is 25.6. The second kappa shape index (κ2) is 11.7. The van der Waals surface area contributed by atoms with Crippen molar-refractivity contribution in [2.75, 3.05) is 33.4 Å². The molecule has 6 rings (SSSR count). The number of piperidine rings is 1. The first-order valence-electron chi connectivity index (χ1n) is 14.6. The topological polar surface area (TPSA) is 129 Å². The van der Waals surface area contributed by atoms with Crippen LogP contribution in [0.15, 0.2) is 85.2 Å². The second-order valence-corrected chi connectivity index (χ2v) is 13.0. The maximum absolute atomic E-state index is 15.0. The Hall–Kier alpha value is -4.20. The SMILES string of the molecule is CCOP(=O)(OCC)N1C[C@@H]2C(N3C(=O)C(c4ccncc4)(c4ccncc4)N(C)C3=CC(=O)c3ccc(C#N)cc3)[C@@H]2C1. The first-order chi connectivity index (χ1) is 21.3. The number of rotatable bonds is 10. The summed E-state index contributed by atoms with van der Waals surface area (Å²) in [6, 6.07) is 15.5. The number of likely N-dealkylation sites (N-methyl/N-ethyl adjacent to an activating group) is 1. The molecule has 1 saturated carbocycles. The largest absolute Gasteiger partial charge is 0.408 e. The first-order valence-corrected chi connectivity index (χ1v) is 16.1. The van der Waals surface area contributed by atoms with Crippen molar-refractivity contribution in [2.24, 2.45) is 11.8 Å². The minimum atomic E-state index is -3.45. The number of carbonyl (C=O) groups is 2. The third-order valence-electron chi connectivity index (χ3n) is 8.74. The number of fused-ring (bicyclic) bond motifs is 1. The van der Waals surface area contributed by atoms with Gasteiger partial charge in [0.2, 0.25) is 0 Å². The van der Waals surface area contributed by atoms with E-state index in [1.165, 1.54) is 6.08 Å². The van der Waals surface area contributed by atoms with Crippen LogP contribution in [0.4, 0.5) is 0 Å². The van der Waals surface area contributed by atoms with Crippen LogP contribution in [-0.4, -0.2) is 75.5 Å². The van der Waals surface area contributed by atoms with Crippen LogP contribution in [0.2, 0.25) is 0 Å². The van der Waals surface area contributed by atoms with E-state index in [1.54, 1.807) is 72.5 Å². The summed E-state index contributed by atoms with van der Waals surface area (Å²) >= 11 is 0. The van der Waals surface area contributed by atoms with Gasteiger partial charge in [-0.25, -0.2) is 9.24 Å². The Morgan fingerprint density at radius 3 is 1.98 bits per heavy atom. The molecule has 1 unspecified atom stereocenters. The minimum absolute atomic E-state index is 0.0145. The highest BCUT2D eigenvalue weighted by Crippen LogP contribution is 2.63. The van der Waals surface area contributed by atoms with E-state index in [2.05, 4.69) is 16.0 Å². The highest BCUT2D eigenvalue weighted by atomic mass is 31.2. The summed E-state index contributed by atoms with van der Waals surface area (Å²) in [7, 11) is -1.63. The lowest BCUT2D eigenvalue weighted by Crippen LogP contribution is -2.46. The van der Waals surface area contributed by atoms with E-state index in [0.717, 1.165) is 0 Å². The summed E-state index contributed by atoms with van der Waals surface area (Å²) in [5.41, 5.74) is 0.972. The van der Waals surface area contributed by atoms with Crippen LogP contribution in [0.5, 0.6) is 0 Å². The molecule has 11 nitrogen and oxygen atoms in total. The molecule has 0 spiro atoms. The average molecular weight is 613 g/mol. The number of nitriles is 1. The molecule has 2 aliphatic heterocycles. The molecule has 0 bridgehead atoms. The minimum Gasteiger partial charge on any atom is -0.339 e. The van der Waals surface area contributed by atoms with Crippen molar-refractivity contribution in [2.45, 2.75) is 25.4 Å². The molecule has 0 N–H and O–H groups in total. The Kier molecular flexibility index (Phi) is 7.95. The van der Waals surface area contributed by atoms with E-state index in [4.69, 9.17) is 9.05 Å². The number of amides is 1. The van der Waals surface area contributed by atoms with E-state index in [0.29, 0.717) is 41.2 Å². The molecule has 1 aromatic carbocycles. The van der Waals surface area contributed by atoms with E-state index >= 15 is 0 Å². The molecule has 226 valence electrons. The van der Waals surface area contributed by atoms with E-state index < -0.39 is 13.3 Å².